The Labute approximate surface area is 100 Å². The molecule has 0 amide bonds. The molecule has 0 aliphatic carbocycles. The molecule has 5 nitrogen and oxygen atoms in total. The summed E-state index contributed by atoms with van der Waals surface area (Å²) in [7, 11) is 0. The minimum Gasteiger partial charge on any atom is -0.462 e. The molecule has 0 unspecified atom stereocenters. The molecule has 0 fully saturated rings. The first-order valence-electron chi connectivity index (χ1n) is 5.07. The van der Waals surface area contributed by atoms with E-state index in [1.807, 2.05) is 6.07 Å². The van der Waals surface area contributed by atoms with Crippen LogP contribution >= 0.6 is 0 Å². The molecule has 0 bridgehead atoms. The zero-order valence-electron chi connectivity index (χ0n) is 9.82. The number of nitrogens with zero attached hydrogens (tertiary/aromatic N) is 1. The van der Waals surface area contributed by atoms with Crippen LogP contribution in [0.3, 0.4) is 0 Å². The molecule has 0 aromatic rings. The summed E-state index contributed by atoms with van der Waals surface area (Å²) in [5, 5.41) is 8.42. The maximum absolute atomic E-state index is 11.4. The summed E-state index contributed by atoms with van der Waals surface area (Å²) in [5.74, 6) is -1.26. The zero-order chi connectivity index (χ0) is 13.3. The van der Waals surface area contributed by atoms with E-state index < -0.39 is 11.8 Å². The van der Waals surface area contributed by atoms with Crippen molar-refractivity contribution in [2.75, 3.05) is 19.8 Å². The highest BCUT2D eigenvalue weighted by molar-refractivity contribution is 6.17. The standard InChI is InChI=1S/C12H15NO4/c1-4-17-12(15)10(3)11(14)8-16-6-5-9(2)7-13/h2-6,8H2,1H3. The van der Waals surface area contributed by atoms with Gasteiger partial charge in [0.15, 0.2) is 5.78 Å². The molecule has 0 heterocycles. The first kappa shape index (κ1) is 15.1. The van der Waals surface area contributed by atoms with Crippen molar-refractivity contribution in [2.24, 2.45) is 0 Å². The van der Waals surface area contributed by atoms with Crippen molar-refractivity contribution in [3.8, 4) is 6.07 Å². The molecule has 0 saturated heterocycles. The highest BCUT2D eigenvalue weighted by Crippen LogP contribution is 2.00. The second-order valence-corrected chi connectivity index (χ2v) is 3.14. The molecule has 0 aliphatic rings. The van der Waals surface area contributed by atoms with Crippen LogP contribution in [0.4, 0.5) is 0 Å². The minimum atomic E-state index is -0.734. The van der Waals surface area contributed by atoms with Crippen LogP contribution in [-0.4, -0.2) is 31.6 Å². The van der Waals surface area contributed by atoms with Crippen molar-refractivity contribution >= 4 is 11.8 Å². The highest BCUT2D eigenvalue weighted by atomic mass is 16.5. The lowest BCUT2D eigenvalue weighted by molar-refractivity contribution is -0.140. The summed E-state index contributed by atoms with van der Waals surface area (Å²) in [6.45, 7) is 8.57. The van der Waals surface area contributed by atoms with Gasteiger partial charge >= 0.3 is 5.97 Å². The summed E-state index contributed by atoms with van der Waals surface area (Å²) in [5.41, 5.74) is 0.146. The van der Waals surface area contributed by atoms with Crippen molar-refractivity contribution in [2.45, 2.75) is 13.3 Å². The van der Waals surface area contributed by atoms with E-state index in [2.05, 4.69) is 17.9 Å². The lowest BCUT2D eigenvalue weighted by atomic mass is 10.2. The molecule has 17 heavy (non-hydrogen) atoms. The van der Waals surface area contributed by atoms with Gasteiger partial charge in [-0.25, -0.2) is 4.79 Å². The first-order valence-corrected chi connectivity index (χ1v) is 5.07. The van der Waals surface area contributed by atoms with Gasteiger partial charge in [0.2, 0.25) is 0 Å². The summed E-state index contributed by atoms with van der Waals surface area (Å²) >= 11 is 0. The number of esters is 1. The fourth-order valence-corrected chi connectivity index (χ4v) is 0.835. The molecular weight excluding hydrogens is 222 g/mol. The van der Waals surface area contributed by atoms with Gasteiger partial charge in [0.05, 0.1) is 24.9 Å². The van der Waals surface area contributed by atoms with Gasteiger partial charge in [0.1, 0.15) is 6.61 Å². The Morgan fingerprint density at radius 1 is 1.35 bits per heavy atom. The van der Waals surface area contributed by atoms with Gasteiger partial charge in [0.25, 0.3) is 0 Å². The van der Waals surface area contributed by atoms with E-state index in [1.165, 1.54) is 0 Å². The predicted octanol–water partition coefficient (Wildman–Crippen LogP) is 1.16. The van der Waals surface area contributed by atoms with Crippen molar-refractivity contribution in [1.29, 1.82) is 5.26 Å². The van der Waals surface area contributed by atoms with Gasteiger partial charge in [-0.05, 0) is 6.92 Å². The molecule has 5 heteroatoms. The lowest BCUT2D eigenvalue weighted by Crippen LogP contribution is -2.19. The van der Waals surface area contributed by atoms with E-state index in [9.17, 15) is 9.59 Å². The average molecular weight is 237 g/mol. The average Bonchev–Trinajstić information content (AvgIpc) is 2.33. The number of Topliss-reactive ketones (excluding diaryl/α,β-unsaturated/α-hetero) is 1. The Morgan fingerprint density at radius 3 is 2.53 bits per heavy atom. The Hall–Kier alpha value is -1.93. The number of carbonyl (C=O) groups is 2. The van der Waals surface area contributed by atoms with Crippen molar-refractivity contribution < 1.29 is 19.1 Å². The second kappa shape index (κ2) is 8.25. The van der Waals surface area contributed by atoms with E-state index in [0.29, 0.717) is 12.0 Å². The van der Waals surface area contributed by atoms with Crippen LogP contribution in [0.25, 0.3) is 0 Å². The van der Waals surface area contributed by atoms with Crippen LogP contribution in [0, 0.1) is 11.3 Å². The summed E-state index contributed by atoms with van der Waals surface area (Å²) in [6.07, 6.45) is 0.357. The van der Waals surface area contributed by atoms with Gasteiger partial charge in [-0.3, -0.25) is 4.79 Å². The van der Waals surface area contributed by atoms with Crippen molar-refractivity contribution in [1.82, 2.24) is 0 Å². The van der Waals surface area contributed by atoms with E-state index in [-0.39, 0.29) is 25.4 Å². The van der Waals surface area contributed by atoms with Gasteiger partial charge in [0, 0.05) is 12.0 Å². The Morgan fingerprint density at radius 2 is 2.00 bits per heavy atom. The quantitative estimate of drug-likeness (QED) is 0.158. The summed E-state index contributed by atoms with van der Waals surface area (Å²) in [6, 6.07) is 1.86. The molecule has 92 valence electrons. The van der Waals surface area contributed by atoms with E-state index in [1.54, 1.807) is 6.92 Å². The molecular formula is C12H15NO4. The summed E-state index contributed by atoms with van der Waals surface area (Å²) < 4.78 is 9.60. The molecule has 0 aromatic carbocycles. The SMILES string of the molecule is C=C(C#N)CCOCC(=O)C(=C)C(=O)OCC. The zero-order valence-corrected chi connectivity index (χ0v) is 9.82. The monoisotopic (exact) mass is 237 g/mol. The van der Waals surface area contributed by atoms with Gasteiger partial charge in [-0.2, -0.15) is 5.26 Å². The number of carbonyl (C=O) groups excluding carboxylic acids is 2. The van der Waals surface area contributed by atoms with E-state index >= 15 is 0 Å². The molecule has 0 spiro atoms. The molecule has 0 radical (unpaired) electrons. The highest BCUT2D eigenvalue weighted by Gasteiger charge is 2.16. The fraction of sp³-hybridized carbons (Fsp3) is 0.417. The van der Waals surface area contributed by atoms with Crippen LogP contribution in [0.15, 0.2) is 24.3 Å². The normalized spacial score (nSPS) is 9.18. The van der Waals surface area contributed by atoms with Gasteiger partial charge in [-0.1, -0.05) is 13.2 Å². The van der Waals surface area contributed by atoms with Crippen LogP contribution in [0.2, 0.25) is 0 Å². The van der Waals surface area contributed by atoms with Crippen LogP contribution < -0.4 is 0 Å². The molecule has 0 atom stereocenters. The van der Waals surface area contributed by atoms with Crippen LogP contribution in [0.1, 0.15) is 13.3 Å². The van der Waals surface area contributed by atoms with Gasteiger partial charge < -0.3 is 9.47 Å². The Kier molecular flexibility index (Phi) is 7.31. The Balaban J connectivity index is 3.87. The third kappa shape index (κ3) is 6.28. The molecule has 0 saturated carbocycles. The van der Waals surface area contributed by atoms with Crippen molar-refractivity contribution in [3.63, 3.8) is 0 Å². The van der Waals surface area contributed by atoms with Gasteiger partial charge in [-0.15, -0.1) is 0 Å². The maximum Gasteiger partial charge on any atom is 0.341 e. The number of nitriles is 1. The molecule has 0 aromatic heterocycles. The first-order chi connectivity index (χ1) is 8.02. The topological polar surface area (TPSA) is 76.4 Å². The number of hydrogen-bond acceptors (Lipinski definition) is 5. The van der Waals surface area contributed by atoms with Crippen molar-refractivity contribution in [3.05, 3.63) is 24.3 Å². The lowest BCUT2D eigenvalue weighted by Gasteiger charge is -2.05. The molecule has 0 aliphatic heterocycles. The summed E-state index contributed by atoms with van der Waals surface area (Å²) in [4.78, 5) is 22.5. The number of ether oxygens (including phenoxy) is 2. The van der Waals surface area contributed by atoms with Crippen LogP contribution in [0.5, 0.6) is 0 Å². The Bertz CT molecular complexity index is 365. The van der Waals surface area contributed by atoms with E-state index in [4.69, 9.17) is 10.00 Å². The molecule has 0 rings (SSSR count). The second-order valence-electron chi connectivity index (χ2n) is 3.14. The smallest absolute Gasteiger partial charge is 0.341 e. The van der Waals surface area contributed by atoms with Crippen LogP contribution in [-0.2, 0) is 19.1 Å². The third-order valence-corrected chi connectivity index (χ3v) is 1.80. The number of hydrogen-bond donors (Lipinski definition) is 0. The fourth-order valence-electron chi connectivity index (χ4n) is 0.835. The number of ketones is 1. The largest absolute Gasteiger partial charge is 0.462 e. The van der Waals surface area contributed by atoms with E-state index in [0.717, 1.165) is 0 Å². The minimum absolute atomic E-state index is 0.188. The third-order valence-electron chi connectivity index (χ3n) is 1.80. The predicted molar refractivity (Wildman–Crippen MR) is 61.0 cm³/mol. The molecule has 0 N–H and O–H groups in total. The maximum atomic E-state index is 11.4. The number of rotatable bonds is 8.